The van der Waals surface area contributed by atoms with Gasteiger partial charge in [-0.15, -0.1) is 11.3 Å². The molecule has 0 saturated heterocycles. The second-order valence-corrected chi connectivity index (χ2v) is 9.61. The molecule has 10 heteroatoms. The van der Waals surface area contributed by atoms with Crippen LogP contribution in [0.2, 0.25) is 0 Å². The number of thiophene rings is 1. The molecule has 4 aromatic rings. The molecule has 2 aromatic heterocycles. The van der Waals surface area contributed by atoms with Crippen LogP contribution in [0.5, 0.6) is 0 Å². The van der Waals surface area contributed by atoms with Crippen LogP contribution in [0.3, 0.4) is 0 Å². The first-order valence-electron chi connectivity index (χ1n) is 10.4. The van der Waals surface area contributed by atoms with E-state index in [-0.39, 0.29) is 11.3 Å². The van der Waals surface area contributed by atoms with Crippen LogP contribution in [0, 0.1) is 10.1 Å². The topological polar surface area (TPSA) is 114 Å². The molecule has 1 aliphatic heterocycles. The third-order valence-electron chi connectivity index (χ3n) is 5.65. The number of fused-ring (bicyclic) bond motifs is 1. The molecular weight excluding hydrogens is 474 g/mol. The normalized spacial score (nSPS) is 16.0. The highest BCUT2D eigenvalue weighted by molar-refractivity contribution is 7.22. The largest absolute Gasteiger partial charge is 0.503 e. The minimum Gasteiger partial charge on any atom is -0.503 e. The second-order valence-electron chi connectivity index (χ2n) is 7.65. The Bertz CT molecular complexity index is 1490. The molecule has 34 heavy (non-hydrogen) atoms. The van der Waals surface area contributed by atoms with Crippen molar-refractivity contribution in [3.8, 4) is 0 Å². The maximum Gasteiger partial charge on any atom is 0.296 e. The molecule has 3 heterocycles. The molecule has 0 fully saturated rings. The van der Waals surface area contributed by atoms with Gasteiger partial charge in [0.25, 0.3) is 11.6 Å². The standard InChI is InChI=1S/C24H17N3O5S2/c1-2-13-8-9-16-18(11-13)34-24(25-16)26-20(14-5-3-6-15(12-14)27(31)32)19(22(29)23(26)30)21(28)17-7-4-10-33-17/h3-12,20,29H,2H2,1H3/t20-/m0/s1. The number of aryl methyl sites for hydroxylation is 1. The number of aliphatic hydroxyl groups is 1. The highest BCUT2D eigenvalue weighted by Gasteiger charge is 2.46. The number of Topliss-reactive ketones (excluding diaryl/α,β-unsaturated/α-hetero) is 1. The molecule has 8 nitrogen and oxygen atoms in total. The lowest BCUT2D eigenvalue weighted by molar-refractivity contribution is -0.384. The molecule has 5 rings (SSSR count). The number of ketones is 1. The van der Waals surface area contributed by atoms with Crippen LogP contribution in [-0.4, -0.2) is 26.7 Å². The van der Waals surface area contributed by atoms with Crippen LogP contribution in [0.1, 0.15) is 33.8 Å². The number of aliphatic hydroxyl groups excluding tert-OH is 1. The second kappa shape index (κ2) is 8.47. The van der Waals surface area contributed by atoms with Gasteiger partial charge in [-0.05, 0) is 41.1 Å². The lowest BCUT2D eigenvalue weighted by atomic mass is 9.95. The average Bonchev–Trinajstić information content (AvgIpc) is 3.57. The smallest absolute Gasteiger partial charge is 0.296 e. The summed E-state index contributed by atoms with van der Waals surface area (Å²) in [4.78, 5) is 43.7. The lowest BCUT2D eigenvalue weighted by Crippen LogP contribution is -2.31. The van der Waals surface area contributed by atoms with Crippen molar-refractivity contribution in [3.05, 3.63) is 97.4 Å². The lowest BCUT2D eigenvalue weighted by Gasteiger charge is -2.24. The van der Waals surface area contributed by atoms with Gasteiger partial charge < -0.3 is 5.11 Å². The Labute approximate surface area is 201 Å². The van der Waals surface area contributed by atoms with Gasteiger partial charge in [0.05, 0.1) is 31.6 Å². The molecule has 1 atom stereocenters. The Morgan fingerprint density at radius 2 is 2.03 bits per heavy atom. The number of benzene rings is 2. The van der Waals surface area contributed by atoms with Crippen molar-refractivity contribution in [3.63, 3.8) is 0 Å². The summed E-state index contributed by atoms with van der Waals surface area (Å²) in [5, 5.41) is 24.3. The van der Waals surface area contributed by atoms with Gasteiger partial charge in [-0.25, -0.2) is 4.98 Å². The highest BCUT2D eigenvalue weighted by atomic mass is 32.1. The first-order chi connectivity index (χ1) is 16.4. The van der Waals surface area contributed by atoms with E-state index in [1.54, 1.807) is 23.6 Å². The van der Waals surface area contributed by atoms with E-state index >= 15 is 0 Å². The van der Waals surface area contributed by atoms with Crippen LogP contribution in [0.4, 0.5) is 10.8 Å². The van der Waals surface area contributed by atoms with Gasteiger partial charge >= 0.3 is 0 Å². The fourth-order valence-electron chi connectivity index (χ4n) is 3.98. The number of anilines is 1. The summed E-state index contributed by atoms with van der Waals surface area (Å²) >= 11 is 2.45. The maximum absolute atomic E-state index is 13.4. The van der Waals surface area contributed by atoms with Crippen LogP contribution in [0.25, 0.3) is 10.2 Å². The summed E-state index contributed by atoms with van der Waals surface area (Å²) in [5.74, 6) is -1.95. The van der Waals surface area contributed by atoms with Crippen molar-refractivity contribution < 1.29 is 19.6 Å². The number of hydrogen-bond donors (Lipinski definition) is 1. The van der Waals surface area contributed by atoms with Crippen molar-refractivity contribution in [1.29, 1.82) is 0 Å². The number of carbonyl (C=O) groups excluding carboxylic acids is 2. The Balaban J connectivity index is 1.69. The monoisotopic (exact) mass is 491 g/mol. The molecular formula is C24H17N3O5S2. The van der Waals surface area contributed by atoms with E-state index in [1.165, 1.54) is 45.8 Å². The van der Waals surface area contributed by atoms with Crippen molar-refractivity contribution >= 4 is 55.4 Å². The van der Waals surface area contributed by atoms with Crippen LogP contribution in [-0.2, 0) is 11.2 Å². The molecule has 0 bridgehead atoms. The van der Waals surface area contributed by atoms with Gasteiger partial charge in [-0.2, -0.15) is 0 Å². The summed E-state index contributed by atoms with van der Waals surface area (Å²) in [5.41, 5.74) is 1.82. The molecule has 0 saturated carbocycles. The number of rotatable bonds is 6. The third kappa shape index (κ3) is 3.57. The SMILES string of the molecule is CCc1ccc2nc(N3C(=O)C(O)=C(C(=O)c4cccs4)[C@@H]3c3cccc([N+](=O)[O-])c3)sc2c1. The Morgan fingerprint density at radius 1 is 1.21 bits per heavy atom. The van der Waals surface area contributed by atoms with Gasteiger partial charge in [-0.1, -0.05) is 42.5 Å². The van der Waals surface area contributed by atoms with Crippen molar-refractivity contribution in [2.24, 2.45) is 0 Å². The van der Waals surface area contributed by atoms with E-state index in [2.05, 4.69) is 4.98 Å². The molecule has 170 valence electrons. The minimum atomic E-state index is -1.06. The number of thiazole rings is 1. The van der Waals surface area contributed by atoms with Crippen molar-refractivity contribution in [1.82, 2.24) is 4.98 Å². The van der Waals surface area contributed by atoms with Crippen molar-refractivity contribution in [2.75, 3.05) is 4.90 Å². The number of amides is 1. The number of carbonyl (C=O) groups is 2. The first kappa shape index (κ1) is 21.9. The fraction of sp³-hybridized carbons (Fsp3) is 0.125. The zero-order chi connectivity index (χ0) is 24.0. The average molecular weight is 492 g/mol. The zero-order valence-electron chi connectivity index (χ0n) is 17.8. The molecule has 1 N–H and O–H groups in total. The predicted octanol–water partition coefficient (Wildman–Crippen LogP) is 5.61. The molecule has 1 amide bonds. The summed E-state index contributed by atoms with van der Waals surface area (Å²) < 4.78 is 0.859. The number of non-ortho nitro benzene ring substituents is 1. The number of nitro groups is 1. The molecule has 0 radical (unpaired) electrons. The van der Waals surface area contributed by atoms with E-state index in [0.717, 1.165) is 16.7 Å². The van der Waals surface area contributed by atoms with Gasteiger partial charge in [0.1, 0.15) is 0 Å². The number of nitro benzene ring substituents is 1. The Kier molecular flexibility index (Phi) is 5.46. The first-order valence-corrected chi connectivity index (χ1v) is 12.1. The van der Waals surface area contributed by atoms with Crippen LogP contribution in [0.15, 0.2) is 71.3 Å². The summed E-state index contributed by atoms with van der Waals surface area (Å²) in [7, 11) is 0. The van der Waals surface area contributed by atoms with Gasteiger partial charge in [0, 0.05) is 12.1 Å². The van der Waals surface area contributed by atoms with Gasteiger partial charge in [0.15, 0.2) is 10.9 Å². The Morgan fingerprint density at radius 3 is 2.74 bits per heavy atom. The van der Waals surface area contributed by atoms with E-state index in [9.17, 15) is 24.8 Å². The quantitative estimate of drug-likeness (QED) is 0.213. The fourth-order valence-corrected chi connectivity index (χ4v) is 5.71. The zero-order valence-corrected chi connectivity index (χ0v) is 19.4. The predicted molar refractivity (Wildman–Crippen MR) is 131 cm³/mol. The van der Waals surface area contributed by atoms with Gasteiger partial charge in [-0.3, -0.25) is 24.6 Å². The highest BCUT2D eigenvalue weighted by Crippen LogP contribution is 2.45. The molecule has 1 aliphatic rings. The molecule has 0 aliphatic carbocycles. The number of nitrogens with zero attached hydrogens (tertiary/aromatic N) is 3. The van der Waals surface area contributed by atoms with Crippen LogP contribution >= 0.6 is 22.7 Å². The number of hydrogen-bond acceptors (Lipinski definition) is 8. The van der Waals surface area contributed by atoms with Gasteiger partial charge in [0.2, 0.25) is 5.78 Å². The summed E-state index contributed by atoms with van der Waals surface area (Å²) in [6.07, 6.45) is 0.837. The van der Waals surface area contributed by atoms with E-state index in [4.69, 9.17) is 0 Å². The molecule has 0 unspecified atom stereocenters. The van der Waals surface area contributed by atoms with Crippen molar-refractivity contribution in [2.45, 2.75) is 19.4 Å². The molecule has 0 spiro atoms. The molecule has 2 aromatic carbocycles. The minimum absolute atomic E-state index is 0.124. The van der Waals surface area contributed by atoms with E-state index in [0.29, 0.717) is 21.1 Å². The van der Waals surface area contributed by atoms with Crippen LogP contribution < -0.4 is 4.90 Å². The Hall–Kier alpha value is -3.89. The number of aromatic nitrogens is 1. The van der Waals surface area contributed by atoms with E-state index in [1.807, 2.05) is 25.1 Å². The maximum atomic E-state index is 13.4. The summed E-state index contributed by atoms with van der Waals surface area (Å²) in [6, 6.07) is 13.8. The third-order valence-corrected chi connectivity index (χ3v) is 7.54. The summed E-state index contributed by atoms with van der Waals surface area (Å²) in [6.45, 7) is 2.04. The van der Waals surface area contributed by atoms with E-state index < -0.39 is 28.4 Å².